The van der Waals surface area contributed by atoms with Gasteiger partial charge in [0.1, 0.15) is 18.7 Å². The molecule has 0 aliphatic heterocycles. The van der Waals surface area contributed by atoms with Crippen LogP contribution in [0.25, 0.3) is 11.1 Å². The average Bonchev–Trinajstić information content (AvgIpc) is 3.15. The largest absolute Gasteiger partial charge is 0.480 e. The molecule has 0 bridgehead atoms. The fraction of sp³-hybridized carbons (Fsp3) is 0.346. The molecule has 0 fully saturated rings. The predicted molar refractivity (Wildman–Crippen MR) is 126 cm³/mol. The van der Waals surface area contributed by atoms with Gasteiger partial charge >= 0.3 is 12.1 Å². The molecule has 0 aromatic heterocycles. The predicted octanol–water partition coefficient (Wildman–Crippen LogP) is 2.91. The van der Waals surface area contributed by atoms with Crippen molar-refractivity contribution in [3.8, 4) is 23.5 Å². The number of nitrogens with one attached hydrogen (secondary N) is 2. The minimum absolute atomic E-state index is 0.0983. The van der Waals surface area contributed by atoms with Crippen molar-refractivity contribution in [1.29, 1.82) is 0 Å². The van der Waals surface area contributed by atoms with Crippen LogP contribution in [0.3, 0.4) is 0 Å². The number of fused-ring (bicyclic) bond motifs is 3. The Morgan fingerprint density at radius 1 is 1.03 bits per heavy atom. The molecule has 0 saturated carbocycles. The number of carboxylic acids is 1. The third-order valence-electron chi connectivity index (χ3n) is 5.73. The number of carbonyl (C=O) groups excluding carboxylic acids is 2. The molecule has 0 saturated heterocycles. The maximum atomic E-state index is 12.7. The van der Waals surface area contributed by atoms with E-state index in [0.29, 0.717) is 13.0 Å². The second kappa shape index (κ2) is 11.9. The van der Waals surface area contributed by atoms with E-state index in [1.165, 1.54) is 7.11 Å². The van der Waals surface area contributed by atoms with Gasteiger partial charge in [-0.2, -0.15) is 0 Å². The number of rotatable bonds is 11. The fourth-order valence-electron chi connectivity index (χ4n) is 4.07. The summed E-state index contributed by atoms with van der Waals surface area (Å²) in [5.41, 5.74) is 4.36. The van der Waals surface area contributed by atoms with E-state index in [1.54, 1.807) is 0 Å². The van der Waals surface area contributed by atoms with Gasteiger partial charge in [-0.15, -0.1) is 12.3 Å². The van der Waals surface area contributed by atoms with Gasteiger partial charge < -0.3 is 25.2 Å². The molecule has 1 aliphatic rings. The van der Waals surface area contributed by atoms with Crippen LogP contribution in [0.4, 0.5) is 4.79 Å². The molecule has 2 aromatic carbocycles. The summed E-state index contributed by atoms with van der Waals surface area (Å²) in [5.74, 6) is 0.214. The first-order valence-corrected chi connectivity index (χ1v) is 11.0. The topological polar surface area (TPSA) is 114 Å². The number of terminal acetylenes is 1. The summed E-state index contributed by atoms with van der Waals surface area (Å²) in [4.78, 5) is 36.7. The number of methoxy groups -OCH3 is 1. The van der Waals surface area contributed by atoms with E-state index in [9.17, 15) is 19.5 Å². The van der Waals surface area contributed by atoms with E-state index in [4.69, 9.17) is 15.9 Å². The fourth-order valence-corrected chi connectivity index (χ4v) is 4.07. The van der Waals surface area contributed by atoms with Crippen LogP contribution in [0.5, 0.6) is 0 Å². The van der Waals surface area contributed by atoms with Crippen molar-refractivity contribution < 1.29 is 29.0 Å². The number of aliphatic carboxylic acids is 1. The van der Waals surface area contributed by atoms with Gasteiger partial charge in [-0.3, -0.25) is 4.79 Å². The maximum absolute atomic E-state index is 12.7. The second-order valence-corrected chi connectivity index (χ2v) is 7.97. The van der Waals surface area contributed by atoms with Crippen LogP contribution in [-0.4, -0.2) is 55.5 Å². The number of carbonyl (C=O) groups is 3. The Balaban J connectivity index is 1.66. The highest BCUT2D eigenvalue weighted by Gasteiger charge is 2.30. The average molecular weight is 465 g/mol. The zero-order chi connectivity index (χ0) is 24.5. The number of alkyl carbamates (subject to hydrolysis) is 1. The van der Waals surface area contributed by atoms with Crippen LogP contribution < -0.4 is 10.6 Å². The molecule has 8 heteroatoms. The van der Waals surface area contributed by atoms with E-state index >= 15 is 0 Å². The van der Waals surface area contributed by atoms with Gasteiger partial charge in [0.2, 0.25) is 5.91 Å². The van der Waals surface area contributed by atoms with Gasteiger partial charge in [0.05, 0.1) is 0 Å². The summed E-state index contributed by atoms with van der Waals surface area (Å²) < 4.78 is 10.5. The highest BCUT2D eigenvalue weighted by atomic mass is 16.5. The van der Waals surface area contributed by atoms with Crippen LogP contribution in [0.1, 0.15) is 36.3 Å². The summed E-state index contributed by atoms with van der Waals surface area (Å²) >= 11 is 0. The summed E-state index contributed by atoms with van der Waals surface area (Å²) in [7, 11) is 1.53. The number of ether oxygens (including phenoxy) is 2. The second-order valence-electron chi connectivity index (χ2n) is 7.97. The van der Waals surface area contributed by atoms with Gasteiger partial charge in [-0.25, -0.2) is 9.59 Å². The molecule has 0 radical (unpaired) electrons. The lowest BCUT2D eigenvalue weighted by atomic mass is 9.98. The standard InChI is InChI=1S/C26H28N2O6/c1-3-9-23(25(30)31)27-24(29)22(14-8-15-33-2)28-26(32)34-16-21-19-12-6-4-10-17(19)18-11-5-7-13-20(18)21/h1,4-7,10-13,21-23H,8-9,14-16H2,2H3,(H,27,29)(H,28,32)(H,30,31). The maximum Gasteiger partial charge on any atom is 0.407 e. The Hall–Kier alpha value is -3.83. The SMILES string of the molecule is C#CCC(NC(=O)C(CCCOC)NC(=O)OCC1c2ccccc2-c2ccccc21)C(=O)O. The number of amides is 2. The van der Waals surface area contributed by atoms with Crippen molar-refractivity contribution in [2.45, 2.75) is 37.3 Å². The number of hydrogen-bond acceptors (Lipinski definition) is 5. The van der Waals surface area contributed by atoms with Crippen LogP contribution in [0, 0.1) is 12.3 Å². The molecule has 0 spiro atoms. The van der Waals surface area contributed by atoms with Crippen molar-refractivity contribution >= 4 is 18.0 Å². The third kappa shape index (κ3) is 5.94. The Bertz CT molecular complexity index is 1030. The molecule has 2 unspecified atom stereocenters. The zero-order valence-electron chi connectivity index (χ0n) is 19.0. The van der Waals surface area contributed by atoms with Gasteiger partial charge in [-0.05, 0) is 35.1 Å². The van der Waals surface area contributed by atoms with Crippen LogP contribution in [-0.2, 0) is 19.1 Å². The molecule has 178 valence electrons. The van der Waals surface area contributed by atoms with Gasteiger partial charge in [0, 0.05) is 26.1 Å². The molecular weight excluding hydrogens is 436 g/mol. The molecular formula is C26H28N2O6. The zero-order valence-corrected chi connectivity index (χ0v) is 19.0. The smallest absolute Gasteiger partial charge is 0.407 e. The molecule has 2 aromatic rings. The quantitative estimate of drug-likeness (QED) is 0.348. The Morgan fingerprint density at radius 3 is 2.21 bits per heavy atom. The van der Waals surface area contributed by atoms with E-state index in [2.05, 4.69) is 16.6 Å². The molecule has 8 nitrogen and oxygen atoms in total. The summed E-state index contributed by atoms with van der Waals surface area (Å²) in [6.07, 6.45) is 4.98. The number of benzene rings is 2. The van der Waals surface area contributed by atoms with Crippen molar-refractivity contribution in [3.63, 3.8) is 0 Å². The third-order valence-corrected chi connectivity index (χ3v) is 5.73. The molecule has 0 heterocycles. The molecule has 2 atom stereocenters. The van der Waals surface area contributed by atoms with Gasteiger partial charge in [-0.1, -0.05) is 48.5 Å². The van der Waals surface area contributed by atoms with Crippen molar-refractivity contribution in [3.05, 3.63) is 59.7 Å². The summed E-state index contributed by atoms with van der Waals surface area (Å²) in [6.45, 7) is 0.476. The molecule has 34 heavy (non-hydrogen) atoms. The summed E-state index contributed by atoms with van der Waals surface area (Å²) in [6, 6.07) is 13.7. The van der Waals surface area contributed by atoms with E-state index in [0.717, 1.165) is 22.3 Å². The van der Waals surface area contributed by atoms with Crippen LogP contribution >= 0.6 is 0 Å². The first kappa shape index (κ1) is 24.8. The lowest BCUT2D eigenvalue weighted by Gasteiger charge is -2.21. The van der Waals surface area contributed by atoms with Crippen LogP contribution in [0.15, 0.2) is 48.5 Å². The van der Waals surface area contributed by atoms with Gasteiger partial charge in [0.25, 0.3) is 0 Å². The highest BCUT2D eigenvalue weighted by Crippen LogP contribution is 2.44. The molecule has 2 amide bonds. The monoisotopic (exact) mass is 464 g/mol. The lowest BCUT2D eigenvalue weighted by Crippen LogP contribution is -2.51. The minimum Gasteiger partial charge on any atom is -0.480 e. The molecule has 3 N–H and O–H groups in total. The van der Waals surface area contributed by atoms with Crippen molar-refractivity contribution in [2.24, 2.45) is 0 Å². The normalized spacial score (nSPS) is 13.6. The molecule has 1 aliphatic carbocycles. The Labute approximate surface area is 198 Å². The first-order valence-electron chi connectivity index (χ1n) is 11.0. The number of hydrogen-bond donors (Lipinski definition) is 3. The highest BCUT2D eigenvalue weighted by molar-refractivity contribution is 5.89. The van der Waals surface area contributed by atoms with Crippen molar-refractivity contribution in [2.75, 3.05) is 20.3 Å². The van der Waals surface area contributed by atoms with E-state index < -0.39 is 30.1 Å². The Kier molecular flexibility index (Phi) is 8.66. The number of carboxylic acid groups (broad SMARTS) is 1. The Morgan fingerprint density at radius 2 is 1.65 bits per heavy atom. The molecule has 3 rings (SSSR count). The van der Waals surface area contributed by atoms with Crippen molar-refractivity contribution in [1.82, 2.24) is 10.6 Å². The minimum atomic E-state index is -1.25. The van der Waals surface area contributed by atoms with Gasteiger partial charge in [0.15, 0.2) is 0 Å². The lowest BCUT2D eigenvalue weighted by molar-refractivity contribution is -0.142. The summed E-state index contributed by atoms with van der Waals surface area (Å²) in [5, 5.41) is 14.2. The first-order chi connectivity index (χ1) is 16.5. The van der Waals surface area contributed by atoms with E-state index in [-0.39, 0.29) is 25.4 Å². The van der Waals surface area contributed by atoms with Crippen LogP contribution in [0.2, 0.25) is 0 Å². The van der Waals surface area contributed by atoms with E-state index in [1.807, 2.05) is 48.5 Å².